The maximum atomic E-state index is 6.03. The Morgan fingerprint density at radius 2 is 2.00 bits per heavy atom. The van der Waals surface area contributed by atoms with Crippen LogP contribution in [0.4, 0.5) is 0 Å². The smallest absolute Gasteiger partial charge is 0.196 e. The summed E-state index contributed by atoms with van der Waals surface area (Å²) in [6.45, 7) is 1.98. The van der Waals surface area contributed by atoms with Crippen LogP contribution in [0, 0.1) is 0 Å². The third-order valence-electron chi connectivity index (χ3n) is 2.86. The molecule has 0 saturated heterocycles. The highest BCUT2D eigenvalue weighted by atomic mass is 35.5. The fraction of sp³-hybridized carbons (Fsp3) is 0.154. The van der Waals surface area contributed by atoms with Crippen molar-refractivity contribution in [2.45, 2.75) is 13.0 Å². The molecule has 1 unspecified atom stereocenters. The van der Waals surface area contributed by atoms with Crippen molar-refractivity contribution in [2.75, 3.05) is 0 Å². The van der Waals surface area contributed by atoms with Crippen LogP contribution in [0.2, 0.25) is 0 Å². The number of aliphatic imine (C=N–C) groups is 1. The van der Waals surface area contributed by atoms with E-state index in [0.29, 0.717) is 5.29 Å². The van der Waals surface area contributed by atoms with Gasteiger partial charge in [-0.1, -0.05) is 0 Å². The quantitative estimate of drug-likeness (QED) is 0.842. The number of hydrogen-bond acceptors (Lipinski definition) is 4. The first kappa shape index (κ1) is 11.2. The maximum Gasteiger partial charge on any atom is 0.196 e. The molecule has 1 atom stereocenters. The van der Waals surface area contributed by atoms with E-state index in [1.165, 1.54) is 0 Å². The summed E-state index contributed by atoms with van der Waals surface area (Å²) in [4.78, 5) is 4.34. The van der Waals surface area contributed by atoms with Gasteiger partial charge < -0.3 is 14.2 Å². The topological polar surface area (TPSA) is 50.7 Å². The number of halogens is 1. The third kappa shape index (κ3) is 1.84. The van der Waals surface area contributed by atoms with E-state index in [1.54, 1.807) is 12.5 Å². The van der Waals surface area contributed by atoms with Gasteiger partial charge in [0.25, 0.3) is 0 Å². The summed E-state index contributed by atoms with van der Waals surface area (Å²) in [6, 6.07) is 7.21. The predicted molar refractivity (Wildman–Crippen MR) is 69.2 cm³/mol. The van der Waals surface area contributed by atoms with Crippen molar-refractivity contribution >= 4 is 22.6 Å². The monoisotopic (exact) mass is 262 g/mol. The Hall–Kier alpha value is -1.94. The van der Waals surface area contributed by atoms with Gasteiger partial charge in [-0.15, -0.1) is 0 Å². The zero-order valence-corrected chi connectivity index (χ0v) is 10.4. The molecule has 2 aromatic rings. The molecule has 1 aliphatic heterocycles. The Bertz CT molecular complexity index is 597. The van der Waals surface area contributed by atoms with Crippen molar-refractivity contribution < 1.29 is 8.83 Å². The molecule has 0 radical (unpaired) electrons. The Kier molecular flexibility index (Phi) is 2.72. The molecule has 92 valence electrons. The minimum absolute atomic E-state index is 0.214. The van der Waals surface area contributed by atoms with Crippen molar-refractivity contribution in [3.8, 4) is 0 Å². The lowest BCUT2D eigenvalue weighted by atomic mass is 10.0. The van der Waals surface area contributed by atoms with Crippen LogP contribution in [0.3, 0.4) is 0 Å². The van der Waals surface area contributed by atoms with Crippen LogP contribution in [0.1, 0.15) is 24.5 Å². The lowest BCUT2D eigenvalue weighted by Gasteiger charge is -2.21. The van der Waals surface area contributed by atoms with Gasteiger partial charge in [-0.2, -0.15) is 0 Å². The SMILES string of the molecule is CC1=C(c2ccco2)NC(Cl)=NC1c1ccco1. The number of rotatable bonds is 2. The second kappa shape index (κ2) is 4.38. The fourth-order valence-electron chi connectivity index (χ4n) is 1.98. The van der Waals surface area contributed by atoms with E-state index in [9.17, 15) is 0 Å². The Morgan fingerprint density at radius 3 is 2.67 bits per heavy atom. The van der Waals surface area contributed by atoms with Crippen LogP contribution in [0.5, 0.6) is 0 Å². The van der Waals surface area contributed by atoms with E-state index in [0.717, 1.165) is 22.8 Å². The molecule has 0 aromatic carbocycles. The largest absolute Gasteiger partial charge is 0.467 e. The summed E-state index contributed by atoms with van der Waals surface area (Å²) in [6.07, 6.45) is 3.25. The van der Waals surface area contributed by atoms with Gasteiger partial charge in [0, 0.05) is 0 Å². The molecule has 5 heteroatoms. The Morgan fingerprint density at radius 1 is 1.22 bits per heavy atom. The van der Waals surface area contributed by atoms with E-state index >= 15 is 0 Å². The van der Waals surface area contributed by atoms with E-state index in [4.69, 9.17) is 20.4 Å². The summed E-state index contributed by atoms with van der Waals surface area (Å²) < 4.78 is 10.8. The van der Waals surface area contributed by atoms with Crippen molar-refractivity contribution in [2.24, 2.45) is 4.99 Å². The summed E-state index contributed by atoms with van der Waals surface area (Å²) in [7, 11) is 0. The van der Waals surface area contributed by atoms with Crippen molar-refractivity contribution in [1.29, 1.82) is 0 Å². The van der Waals surface area contributed by atoms with E-state index < -0.39 is 0 Å². The first-order valence-electron chi connectivity index (χ1n) is 5.54. The first-order chi connectivity index (χ1) is 8.75. The van der Waals surface area contributed by atoms with Crippen LogP contribution in [0.25, 0.3) is 5.70 Å². The molecule has 1 N–H and O–H groups in total. The van der Waals surface area contributed by atoms with Crippen molar-refractivity contribution in [3.05, 3.63) is 53.9 Å². The zero-order chi connectivity index (χ0) is 12.5. The second-order valence-electron chi connectivity index (χ2n) is 4.00. The Labute approximate surface area is 109 Å². The molecule has 0 saturated carbocycles. The summed E-state index contributed by atoms with van der Waals surface area (Å²) in [5.41, 5.74) is 1.84. The predicted octanol–water partition coefficient (Wildman–Crippen LogP) is 3.54. The average molecular weight is 263 g/mol. The average Bonchev–Trinajstić information content (AvgIpc) is 3.02. The number of hydrogen-bond donors (Lipinski definition) is 1. The number of amidine groups is 1. The molecule has 18 heavy (non-hydrogen) atoms. The van der Waals surface area contributed by atoms with Gasteiger partial charge in [0.2, 0.25) is 0 Å². The van der Waals surface area contributed by atoms with E-state index in [1.807, 2.05) is 31.2 Å². The third-order valence-corrected chi connectivity index (χ3v) is 3.05. The molecule has 0 bridgehead atoms. The lowest BCUT2D eigenvalue weighted by molar-refractivity contribution is 0.485. The standard InChI is InChI=1S/C13H11ClN2O2/c1-8-11(9-4-2-6-17-9)15-13(14)16-12(8)10-5-3-7-18-10/h2-7,11H,1H3,(H,15,16). The number of furan rings is 2. The van der Waals surface area contributed by atoms with Gasteiger partial charge in [-0.05, 0) is 48.4 Å². The van der Waals surface area contributed by atoms with Crippen molar-refractivity contribution in [3.63, 3.8) is 0 Å². The molecule has 4 nitrogen and oxygen atoms in total. The van der Waals surface area contributed by atoms with Crippen LogP contribution >= 0.6 is 11.6 Å². The highest BCUT2D eigenvalue weighted by Gasteiger charge is 2.25. The zero-order valence-electron chi connectivity index (χ0n) is 9.68. The van der Waals surface area contributed by atoms with Gasteiger partial charge in [-0.25, -0.2) is 4.99 Å². The molecule has 0 spiro atoms. The second-order valence-corrected chi connectivity index (χ2v) is 4.36. The molecular weight excluding hydrogens is 252 g/mol. The van der Waals surface area contributed by atoms with E-state index in [-0.39, 0.29) is 6.04 Å². The highest BCUT2D eigenvalue weighted by Crippen LogP contribution is 2.34. The van der Waals surface area contributed by atoms with Crippen molar-refractivity contribution in [1.82, 2.24) is 5.32 Å². The first-order valence-corrected chi connectivity index (χ1v) is 5.92. The lowest BCUT2D eigenvalue weighted by Crippen LogP contribution is -2.24. The molecule has 0 aliphatic carbocycles. The maximum absolute atomic E-state index is 6.03. The molecule has 3 heterocycles. The van der Waals surface area contributed by atoms with Gasteiger partial charge >= 0.3 is 0 Å². The normalized spacial score (nSPS) is 19.7. The van der Waals surface area contributed by atoms with Gasteiger partial charge in [0.05, 0.1) is 18.2 Å². The molecule has 1 aliphatic rings. The molecule has 0 amide bonds. The molecular formula is C13H11ClN2O2. The fourth-order valence-corrected chi connectivity index (χ4v) is 2.17. The van der Waals surface area contributed by atoms with Crippen LogP contribution in [-0.2, 0) is 0 Å². The highest BCUT2D eigenvalue weighted by molar-refractivity contribution is 6.65. The van der Waals surface area contributed by atoms with Gasteiger partial charge in [0.15, 0.2) is 5.29 Å². The van der Waals surface area contributed by atoms with Crippen LogP contribution in [0.15, 0.2) is 56.2 Å². The minimum Gasteiger partial charge on any atom is -0.467 e. The van der Waals surface area contributed by atoms with E-state index in [2.05, 4.69) is 10.3 Å². The van der Waals surface area contributed by atoms with Crippen LogP contribution in [-0.4, -0.2) is 5.29 Å². The molecule has 0 fully saturated rings. The molecule has 2 aromatic heterocycles. The summed E-state index contributed by atoms with van der Waals surface area (Å²) in [5, 5.41) is 3.35. The van der Waals surface area contributed by atoms with Gasteiger partial charge in [-0.3, -0.25) is 0 Å². The minimum atomic E-state index is -0.214. The number of nitrogens with one attached hydrogen (secondary N) is 1. The summed E-state index contributed by atoms with van der Waals surface area (Å²) >= 11 is 6.03. The Balaban J connectivity index is 2.06. The molecule has 3 rings (SSSR count). The number of nitrogens with zero attached hydrogens (tertiary/aromatic N) is 1. The summed E-state index contributed by atoms with van der Waals surface area (Å²) in [5.74, 6) is 1.49. The van der Waals surface area contributed by atoms with Crippen LogP contribution < -0.4 is 5.32 Å². The van der Waals surface area contributed by atoms with Gasteiger partial charge in [0.1, 0.15) is 17.6 Å².